The minimum absolute atomic E-state index is 0.130. The van der Waals surface area contributed by atoms with E-state index in [0.29, 0.717) is 34.6 Å². The molecule has 0 aromatic heterocycles. The van der Waals surface area contributed by atoms with Crippen molar-refractivity contribution < 1.29 is 28.5 Å². The number of methoxy groups -OCH3 is 2. The van der Waals surface area contributed by atoms with Crippen molar-refractivity contribution in [3.8, 4) is 17.2 Å². The fourth-order valence-electron chi connectivity index (χ4n) is 2.28. The molecule has 2 rings (SSSR count). The van der Waals surface area contributed by atoms with Gasteiger partial charge in [0.05, 0.1) is 36.4 Å². The summed E-state index contributed by atoms with van der Waals surface area (Å²) in [6.45, 7) is 1.69. The van der Waals surface area contributed by atoms with Gasteiger partial charge in [-0.1, -0.05) is 23.2 Å². The molecule has 0 atom stereocenters. The second-order valence-corrected chi connectivity index (χ2v) is 6.21. The monoisotopic (exact) mass is 427 g/mol. The first-order valence-electron chi connectivity index (χ1n) is 8.20. The molecular weight excluding hydrogens is 409 g/mol. The largest absolute Gasteiger partial charge is 0.495 e. The molecule has 0 spiro atoms. The molecule has 9 heteroatoms. The van der Waals surface area contributed by atoms with E-state index < -0.39 is 18.5 Å². The maximum atomic E-state index is 12.2. The van der Waals surface area contributed by atoms with E-state index in [0.717, 1.165) is 0 Å². The fraction of sp³-hybridized carbons (Fsp3) is 0.263. The average molecular weight is 428 g/mol. The van der Waals surface area contributed by atoms with Crippen LogP contribution in [0.15, 0.2) is 30.3 Å². The molecule has 0 unspecified atom stereocenters. The van der Waals surface area contributed by atoms with Crippen molar-refractivity contribution in [1.82, 2.24) is 0 Å². The summed E-state index contributed by atoms with van der Waals surface area (Å²) in [6, 6.07) is 7.57. The van der Waals surface area contributed by atoms with Crippen LogP contribution in [-0.4, -0.2) is 39.3 Å². The van der Waals surface area contributed by atoms with Crippen LogP contribution in [0.1, 0.15) is 17.3 Å². The molecule has 2 aromatic rings. The van der Waals surface area contributed by atoms with Gasteiger partial charge >= 0.3 is 5.97 Å². The summed E-state index contributed by atoms with van der Waals surface area (Å²) in [6.07, 6.45) is 0. The average Bonchev–Trinajstić information content (AvgIpc) is 2.67. The predicted octanol–water partition coefficient (Wildman–Crippen LogP) is 4.20. The van der Waals surface area contributed by atoms with Crippen molar-refractivity contribution in [2.75, 3.05) is 32.8 Å². The molecule has 7 nitrogen and oxygen atoms in total. The van der Waals surface area contributed by atoms with Crippen LogP contribution in [0.4, 0.5) is 5.69 Å². The highest BCUT2D eigenvalue weighted by molar-refractivity contribution is 6.33. The lowest BCUT2D eigenvalue weighted by molar-refractivity contribution is -0.119. The van der Waals surface area contributed by atoms with E-state index in [1.54, 1.807) is 19.1 Å². The number of hydrogen-bond acceptors (Lipinski definition) is 6. The van der Waals surface area contributed by atoms with Gasteiger partial charge in [0.15, 0.2) is 18.1 Å². The minimum atomic E-state index is -0.730. The molecule has 28 heavy (non-hydrogen) atoms. The van der Waals surface area contributed by atoms with Crippen LogP contribution in [0.3, 0.4) is 0 Å². The number of ether oxygens (including phenoxy) is 4. The number of nitrogens with one attached hydrogen (secondary N) is 1. The SMILES string of the molecule is CCOc1c(Cl)cc(C(=O)OCC(=O)Nc2ccc(OC)c(Cl)c2)cc1OC. The predicted molar refractivity (Wildman–Crippen MR) is 106 cm³/mol. The molecule has 1 amide bonds. The van der Waals surface area contributed by atoms with Gasteiger partial charge in [0.25, 0.3) is 5.91 Å². The van der Waals surface area contributed by atoms with Crippen LogP contribution < -0.4 is 19.5 Å². The summed E-state index contributed by atoms with van der Waals surface area (Å²) in [5.74, 6) is -0.159. The smallest absolute Gasteiger partial charge is 0.338 e. The molecule has 2 aromatic carbocycles. The molecule has 0 aliphatic carbocycles. The van der Waals surface area contributed by atoms with Gasteiger partial charge in [0, 0.05) is 5.69 Å². The van der Waals surface area contributed by atoms with E-state index in [-0.39, 0.29) is 10.6 Å². The maximum absolute atomic E-state index is 12.2. The minimum Gasteiger partial charge on any atom is -0.495 e. The Labute approximate surface area is 172 Å². The Morgan fingerprint density at radius 3 is 2.32 bits per heavy atom. The van der Waals surface area contributed by atoms with Crippen molar-refractivity contribution in [3.05, 3.63) is 45.9 Å². The zero-order valence-electron chi connectivity index (χ0n) is 15.5. The van der Waals surface area contributed by atoms with Gasteiger partial charge in [-0.15, -0.1) is 0 Å². The molecule has 0 bridgehead atoms. The van der Waals surface area contributed by atoms with E-state index in [9.17, 15) is 9.59 Å². The zero-order valence-corrected chi connectivity index (χ0v) is 17.0. The molecule has 0 saturated carbocycles. The highest BCUT2D eigenvalue weighted by atomic mass is 35.5. The van der Waals surface area contributed by atoms with E-state index >= 15 is 0 Å². The Morgan fingerprint density at radius 2 is 1.71 bits per heavy atom. The number of rotatable bonds is 8. The molecular formula is C19H19Cl2NO6. The van der Waals surface area contributed by atoms with Gasteiger partial charge in [-0.25, -0.2) is 4.79 Å². The summed E-state index contributed by atoms with van der Waals surface area (Å²) >= 11 is 12.1. The van der Waals surface area contributed by atoms with Gasteiger partial charge in [-0.3, -0.25) is 4.79 Å². The standard InChI is InChI=1S/C19H19Cl2NO6/c1-4-27-18-14(21)7-11(8-16(18)26-3)19(24)28-10-17(23)22-12-5-6-15(25-2)13(20)9-12/h5-9H,4,10H2,1-3H3,(H,22,23). The second kappa shape index (κ2) is 10.1. The lowest BCUT2D eigenvalue weighted by Crippen LogP contribution is -2.21. The third-order valence-corrected chi connectivity index (χ3v) is 4.10. The number of esters is 1. The van der Waals surface area contributed by atoms with Crippen LogP contribution in [0.5, 0.6) is 17.2 Å². The van der Waals surface area contributed by atoms with Crippen LogP contribution in [0.25, 0.3) is 0 Å². The van der Waals surface area contributed by atoms with Crippen LogP contribution >= 0.6 is 23.2 Å². The van der Waals surface area contributed by atoms with Crippen molar-refractivity contribution in [2.24, 2.45) is 0 Å². The number of hydrogen-bond donors (Lipinski definition) is 1. The number of carbonyl (C=O) groups is 2. The summed E-state index contributed by atoms with van der Waals surface area (Å²) < 4.78 is 20.6. The molecule has 0 radical (unpaired) electrons. The second-order valence-electron chi connectivity index (χ2n) is 5.40. The van der Waals surface area contributed by atoms with Crippen molar-refractivity contribution in [1.29, 1.82) is 0 Å². The lowest BCUT2D eigenvalue weighted by Gasteiger charge is -2.13. The van der Waals surface area contributed by atoms with Crippen LogP contribution in [0, 0.1) is 0 Å². The van der Waals surface area contributed by atoms with Gasteiger partial charge in [0.1, 0.15) is 5.75 Å². The number of amides is 1. The number of halogens is 2. The van der Waals surface area contributed by atoms with E-state index in [1.165, 1.54) is 32.4 Å². The zero-order chi connectivity index (χ0) is 20.7. The topological polar surface area (TPSA) is 83.1 Å². The Bertz CT molecular complexity index is 872. The van der Waals surface area contributed by atoms with E-state index in [2.05, 4.69) is 5.32 Å². The molecule has 0 saturated heterocycles. The number of benzene rings is 2. The van der Waals surface area contributed by atoms with Crippen molar-refractivity contribution in [3.63, 3.8) is 0 Å². The third-order valence-electron chi connectivity index (χ3n) is 3.52. The van der Waals surface area contributed by atoms with Crippen molar-refractivity contribution in [2.45, 2.75) is 6.92 Å². The first kappa shape index (κ1) is 21.7. The molecule has 0 aliphatic rings. The normalized spacial score (nSPS) is 10.2. The van der Waals surface area contributed by atoms with Crippen LogP contribution in [0.2, 0.25) is 10.0 Å². The molecule has 1 N–H and O–H groups in total. The molecule has 0 aliphatic heterocycles. The lowest BCUT2D eigenvalue weighted by atomic mass is 10.2. The quantitative estimate of drug-likeness (QED) is 0.635. The van der Waals surface area contributed by atoms with Gasteiger partial charge in [0.2, 0.25) is 0 Å². The molecule has 150 valence electrons. The number of anilines is 1. The Hall–Kier alpha value is -2.64. The third kappa shape index (κ3) is 5.43. The Morgan fingerprint density at radius 1 is 1.00 bits per heavy atom. The maximum Gasteiger partial charge on any atom is 0.338 e. The summed E-state index contributed by atoms with van der Waals surface area (Å²) in [4.78, 5) is 24.2. The highest BCUT2D eigenvalue weighted by Gasteiger charge is 2.17. The molecule has 0 heterocycles. The first-order valence-corrected chi connectivity index (χ1v) is 8.96. The molecule has 0 fully saturated rings. The fourth-order valence-corrected chi connectivity index (χ4v) is 2.80. The Balaban J connectivity index is 2.00. The first-order chi connectivity index (χ1) is 13.4. The summed E-state index contributed by atoms with van der Waals surface area (Å²) in [7, 11) is 2.91. The number of carbonyl (C=O) groups excluding carboxylic acids is 2. The van der Waals surface area contributed by atoms with Crippen molar-refractivity contribution >= 4 is 40.8 Å². The van der Waals surface area contributed by atoms with E-state index in [1.807, 2.05) is 0 Å². The summed E-state index contributed by atoms with van der Waals surface area (Å²) in [5.41, 5.74) is 0.572. The van der Waals surface area contributed by atoms with Gasteiger partial charge in [-0.2, -0.15) is 0 Å². The van der Waals surface area contributed by atoms with Gasteiger partial charge < -0.3 is 24.3 Å². The Kier molecular flexibility index (Phi) is 7.78. The van der Waals surface area contributed by atoms with Gasteiger partial charge in [-0.05, 0) is 37.3 Å². The highest BCUT2D eigenvalue weighted by Crippen LogP contribution is 2.36. The van der Waals surface area contributed by atoms with E-state index in [4.69, 9.17) is 42.1 Å². The van der Waals surface area contributed by atoms with Crippen LogP contribution in [-0.2, 0) is 9.53 Å². The summed E-state index contributed by atoms with van der Waals surface area (Å²) in [5, 5.41) is 3.11.